The van der Waals surface area contributed by atoms with Crippen molar-refractivity contribution in [3.05, 3.63) is 0 Å². The average molecular weight is 228 g/mol. The van der Waals surface area contributed by atoms with Crippen LogP contribution in [0.5, 0.6) is 0 Å². The topological polar surface area (TPSA) is 74.6 Å². The van der Waals surface area contributed by atoms with Crippen molar-refractivity contribution in [3.63, 3.8) is 0 Å². The van der Waals surface area contributed by atoms with E-state index in [1.54, 1.807) is 13.8 Å². The Morgan fingerprint density at radius 2 is 1.31 bits per heavy atom. The van der Waals surface area contributed by atoms with Gasteiger partial charge in [0.2, 0.25) is 0 Å². The van der Waals surface area contributed by atoms with Crippen LogP contribution in [-0.2, 0) is 22.2 Å². The van der Waals surface area contributed by atoms with Gasteiger partial charge in [-0.15, -0.1) is 0 Å². The first kappa shape index (κ1) is 13.2. The molecule has 0 aliphatic rings. The molecule has 0 aliphatic carbocycles. The Hall–Kier alpha value is 0.220. The fraction of sp³-hybridized carbons (Fsp3) is 1.00. The molecule has 0 aromatic rings. The van der Waals surface area contributed by atoms with Crippen LogP contribution in [0.1, 0.15) is 33.1 Å². The molecule has 0 fully saturated rings. The molecule has 2 N–H and O–H groups in total. The van der Waals surface area contributed by atoms with Crippen molar-refractivity contribution >= 4 is 22.2 Å². The average Bonchev–Trinajstić information content (AvgIpc) is 2.05. The summed E-state index contributed by atoms with van der Waals surface area (Å²) in [5.74, 6) is 0. The van der Waals surface area contributed by atoms with Crippen molar-refractivity contribution in [2.24, 2.45) is 0 Å². The van der Waals surface area contributed by atoms with Crippen LogP contribution >= 0.6 is 0 Å². The second kappa shape index (κ2) is 6.64. The first-order valence-electron chi connectivity index (χ1n) is 4.22. The van der Waals surface area contributed by atoms with Crippen LogP contribution in [0, 0.1) is 0 Å². The van der Waals surface area contributed by atoms with E-state index in [1.807, 2.05) is 0 Å². The highest BCUT2D eigenvalue weighted by Crippen LogP contribution is 2.14. The predicted octanol–water partition coefficient (Wildman–Crippen LogP) is 1.38. The van der Waals surface area contributed by atoms with Crippen LogP contribution in [0.2, 0.25) is 0 Å². The summed E-state index contributed by atoms with van der Waals surface area (Å²) in [6, 6.07) is 0. The van der Waals surface area contributed by atoms with E-state index in [2.05, 4.69) is 0 Å². The fourth-order valence-corrected chi connectivity index (χ4v) is 2.56. The Morgan fingerprint density at radius 1 is 1.00 bits per heavy atom. The Kier molecular flexibility index (Phi) is 6.75. The van der Waals surface area contributed by atoms with Gasteiger partial charge in [-0.3, -0.25) is 0 Å². The summed E-state index contributed by atoms with van der Waals surface area (Å²) in [4.78, 5) is 0. The van der Waals surface area contributed by atoms with Crippen molar-refractivity contribution in [2.75, 3.05) is 0 Å². The van der Waals surface area contributed by atoms with Crippen LogP contribution in [0.15, 0.2) is 0 Å². The molecular formula is C7H16O4S2. The minimum atomic E-state index is -1.89. The minimum Gasteiger partial charge on any atom is -0.306 e. The van der Waals surface area contributed by atoms with Gasteiger partial charge in [-0.2, -0.15) is 0 Å². The van der Waals surface area contributed by atoms with Crippen LogP contribution in [0.25, 0.3) is 0 Å². The van der Waals surface area contributed by atoms with Gasteiger partial charge in [0.1, 0.15) is 0 Å². The molecule has 0 spiro atoms. The van der Waals surface area contributed by atoms with E-state index in [-0.39, 0.29) is 10.5 Å². The zero-order chi connectivity index (χ0) is 10.4. The molecule has 0 rings (SSSR count). The van der Waals surface area contributed by atoms with E-state index in [0.717, 1.165) is 0 Å². The lowest BCUT2D eigenvalue weighted by Gasteiger charge is -2.15. The first-order chi connectivity index (χ1) is 6.02. The summed E-state index contributed by atoms with van der Waals surface area (Å²) in [5, 5.41) is -0.776. The maximum atomic E-state index is 10.7. The van der Waals surface area contributed by atoms with Gasteiger partial charge in [-0.1, -0.05) is 13.8 Å². The molecule has 0 aliphatic heterocycles. The molecule has 0 saturated carbocycles. The first-order valence-corrected chi connectivity index (χ1v) is 6.56. The Bertz CT molecular complexity index is 175. The third kappa shape index (κ3) is 4.85. The highest BCUT2D eigenvalue weighted by molar-refractivity contribution is 7.80. The Morgan fingerprint density at radius 3 is 1.46 bits per heavy atom. The molecule has 4 unspecified atom stereocenters. The maximum Gasteiger partial charge on any atom is 0.156 e. The summed E-state index contributed by atoms with van der Waals surface area (Å²) in [6.07, 6.45) is 1.44. The van der Waals surface area contributed by atoms with Gasteiger partial charge in [0, 0.05) is 0 Å². The standard InChI is InChI=1S/C7H16O4S2/c1-3-6(12(8)9)5-7(4-2)13(10)11/h6-7H,3-5H2,1-2H3,(H,8,9)(H,10,11). The van der Waals surface area contributed by atoms with E-state index < -0.39 is 22.2 Å². The number of hydrogen-bond donors (Lipinski definition) is 2. The molecule has 4 nitrogen and oxygen atoms in total. The normalized spacial score (nSPS) is 20.6. The summed E-state index contributed by atoms with van der Waals surface area (Å²) in [5.41, 5.74) is 0. The van der Waals surface area contributed by atoms with E-state index in [4.69, 9.17) is 9.11 Å². The van der Waals surface area contributed by atoms with Crippen LogP contribution in [-0.4, -0.2) is 28.0 Å². The second-order valence-corrected chi connectivity index (χ2v) is 5.29. The molecule has 0 aromatic heterocycles. The molecule has 4 atom stereocenters. The monoisotopic (exact) mass is 228 g/mol. The third-order valence-electron chi connectivity index (χ3n) is 2.01. The lowest BCUT2D eigenvalue weighted by atomic mass is 10.1. The molecule has 13 heavy (non-hydrogen) atoms. The third-order valence-corrected chi connectivity index (χ3v) is 4.20. The second-order valence-electron chi connectivity index (χ2n) is 2.85. The molecule has 0 bridgehead atoms. The van der Waals surface area contributed by atoms with Crippen molar-refractivity contribution in [3.8, 4) is 0 Å². The molecule has 0 heterocycles. The summed E-state index contributed by atoms with van der Waals surface area (Å²) in [7, 11) is 0. The van der Waals surface area contributed by atoms with Gasteiger partial charge in [-0.05, 0) is 19.3 Å². The zero-order valence-corrected chi connectivity index (χ0v) is 9.44. The highest BCUT2D eigenvalue weighted by atomic mass is 32.2. The van der Waals surface area contributed by atoms with Gasteiger partial charge in [0.05, 0.1) is 10.5 Å². The van der Waals surface area contributed by atoms with Crippen molar-refractivity contribution in [2.45, 2.75) is 43.6 Å². The highest BCUT2D eigenvalue weighted by Gasteiger charge is 2.21. The van der Waals surface area contributed by atoms with E-state index in [1.165, 1.54) is 0 Å². The van der Waals surface area contributed by atoms with Gasteiger partial charge in [0.25, 0.3) is 0 Å². The quantitative estimate of drug-likeness (QED) is 0.673. The minimum absolute atomic E-state index is 0.333. The lowest BCUT2D eigenvalue weighted by molar-refractivity contribution is 0.511. The maximum absolute atomic E-state index is 10.7. The van der Waals surface area contributed by atoms with Crippen molar-refractivity contribution in [1.29, 1.82) is 0 Å². The molecule has 0 saturated heterocycles. The summed E-state index contributed by atoms with van der Waals surface area (Å²) < 4.78 is 39.1. The van der Waals surface area contributed by atoms with Gasteiger partial charge < -0.3 is 9.11 Å². The molecule has 6 heteroatoms. The van der Waals surface area contributed by atoms with Gasteiger partial charge >= 0.3 is 0 Å². The number of hydrogen-bond acceptors (Lipinski definition) is 2. The van der Waals surface area contributed by atoms with Gasteiger partial charge in [0.15, 0.2) is 22.2 Å². The SMILES string of the molecule is CCC(CC(CC)S(=O)O)S(=O)O. The molecule has 80 valence electrons. The molecular weight excluding hydrogens is 212 g/mol. The largest absolute Gasteiger partial charge is 0.306 e. The van der Waals surface area contributed by atoms with Crippen LogP contribution < -0.4 is 0 Å². The molecule has 0 radical (unpaired) electrons. The summed E-state index contributed by atoms with van der Waals surface area (Å²) >= 11 is -3.78. The van der Waals surface area contributed by atoms with Crippen LogP contribution in [0.4, 0.5) is 0 Å². The zero-order valence-electron chi connectivity index (χ0n) is 7.80. The van der Waals surface area contributed by atoms with E-state index in [0.29, 0.717) is 19.3 Å². The number of rotatable bonds is 6. The van der Waals surface area contributed by atoms with Crippen molar-refractivity contribution in [1.82, 2.24) is 0 Å². The summed E-state index contributed by atoms with van der Waals surface area (Å²) in [6.45, 7) is 3.59. The van der Waals surface area contributed by atoms with Crippen LogP contribution in [0.3, 0.4) is 0 Å². The Balaban J connectivity index is 4.19. The lowest BCUT2D eigenvalue weighted by Crippen LogP contribution is -2.24. The van der Waals surface area contributed by atoms with E-state index in [9.17, 15) is 8.42 Å². The van der Waals surface area contributed by atoms with Gasteiger partial charge in [-0.25, -0.2) is 8.42 Å². The Labute approximate surface area is 83.7 Å². The molecule has 0 aromatic carbocycles. The predicted molar refractivity (Wildman–Crippen MR) is 54.3 cm³/mol. The van der Waals surface area contributed by atoms with E-state index >= 15 is 0 Å². The molecule has 0 amide bonds. The fourth-order valence-electron chi connectivity index (χ4n) is 1.08. The smallest absolute Gasteiger partial charge is 0.156 e. The van der Waals surface area contributed by atoms with Crippen molar-refractivity contribution < 1.29 is 17.5 Å².